The quantitative estimate of drug-likeness (QED) is 0.647. The summed E-state index contributed by atoms with van der Waals surface area (Å²) in [6, 6.07) is 0.244. The van der Waals surface area contributed by atoms with Crippen molar-refractivity contribution in [1.82, 2.24) is 15.3 Å². The lowest BCUT2D eigenvalue weighted by molar-refractivity contribution is -0.119. The first-order valence-corrected chi connectivity index (χ1v) is 9.66. The monoisotopic (exact) mass is 335 g/mol. The molecular weight excluding hydrogens is 314 g/mol. The first-order chi connectivity index (χ1) is 10.7. The highest BCUT2D eigenvalue weighted by atomic mass is 32.2. The number of carbonyl (C=O) groups is 1. The van der Waals surface area contributed by atoms with Crippen LogP contribution in [0, 0.1) is 0 Å². The number of nitrogens with zero attached hydrogens (tertiary/aromatic N) is 2. The van der Waals surface area contributed by atoms with Crippen molar-refractivity contribution in [2.75, 3.05) is 5.75 Å². The number of fused-ring (bicyclic) bond motifs is 3. The Labute approximate surface area is 139 Å². The molecule has 1 N–H and O–H groups in total. The summed E-state index contributed by atoms with van der Waals surface area (Å²) in [5.74, 6) is 0.509. The van der Waals surface area contributed by atoms with Gasteiger partial charge in [-0.1, -0.05) is 25.1 Å². The maximum atomic E-state index is 12.0. The molecule has 1 atom stereocenters. The Morgan fingerprint density at radius 3 is 3.14 bits per heavy atom. The second kappa shape index (κ2) is 6.96. The first kappa shape index (κ1) is 15.7. The minimum Gasteiger partial charge on any atom is -0.353 e. The predicted molar refractivity (Wildman–Crippen MR) is 92.7 cm³/mol. The summed E-state index contributed by atoms with van der Waals surface area (Å²) in [6.07, 6.45) is 7.24. The lowest BCUT2D eigenvalue weighted by atomic mass is 10.2. The zero-order chi connectivity index (χ0) is 15.5. The Morgan fingerprint density at radius 2 is 2.32 bits per heavy atom. The fourth-order valence-corrected chi connectivity index (χ4v) is 5.10. The van der Waals surface area contributed by atoms with E-state index in [4.69, 9.17) is 0 Å². The number of aromatic nitrogens is 2. The molecule has 0 spiro atoms. The predicted octanol–water partition coefficient (Wildman–Crippen LogP) is 3.58. The van der Waals surface area contributed by atoms with Gasteiger partial charge < -0.3 is 5.32 Å². The molecule has 1 aliphatic rings. The zero-order valence-corrected chi connectivity index (χ0v) is 14.6. The summed E-state index contributed by atoms with van der Waals surface area (Å²) in [4.78, 5) is 23.4. The summed E-state index contributed by atoms with van der Waals surface area (Å²) < 4.78 is 0. The fourth-order valence-electron chi connectivity index (χ4n) is 2.96. The van der Waals surface area contributed by atoms with Crippen LogP contribution in [-0.4, -0.2) is 27.7 Å². The number of carbonyl (C=O) groups excluding carboxylic acids is 1. The van der Waals surface area contributed by atoms with Crippen LogP contribution in [0.25, 0.3) is 10.2 Å². The van der Waals surface area contributed by atoms with E-state index in [1.165, 1.54) is 34.0 Å². The number of hydrogen-bond acceptors (Lipinski definition) is 5. The number of thiophene rings is 1. The fraction of sp³-hybridized carbons (Fsp3) is 0.562. The standard InChI is InChI=1S/C16H21N3OS2/c1-3-5-10(2)19-13(20)8-21-15-14-11-6-4-7-12(11)22-16(14)18-9-17-15/h9-10H,3-8H2,1-2H3,(H,19,20). The molecule has 2 heterocycles. The highest BCUT2D eigenvalue weighted by Gasteiger charge is 2.21. The molecule has 118 valence electrons. The molecule has 0 aromatic carbocycles. The summed E-state index contributed by atoms with van der Waals surface area (Å²) in [5.41, 5.74) is 1.42. The average Bonchev–Trinajstić information content (AvgIpc) is 3.05. The van der Waals surface area contributed by atoms with Crippen LogP contribution in [-0.2, 0) is 17.6 Å². The van der Waals surface area contributed by atoms with Gasteiger partial charge in [-0.3, -0.25) is 4.79 Å². The molecule has 22 heavy (non-hydrogen) atoms. The van der Waals surface area contributed by atoms with Crippen LogP contribution in [0.3, 0.4) is 0 Å². The molecule has 4 nitrogen and oxygen atoms in total. The van der Waals surface area contributed by atoms with Crippen molar-refractivity contribution in [1.29, 1.82) is 0 Å². The highest BCUT2D eigenvalue weighted by Crippen LogP contribution is 2.39. The maximum Gasteiger partial charge on any atom is 0.230 e. The van der Waals surface area contributed by atoms with E-state index in [9.17, 15) is 4.79 Å². The van der Waals surface area contributed by atoms with Gasteiger partial charge in [0.05, 0.1) is 5.75 Å². The maximum absolute atomic E-state index is 12.0. The second-order valence-corrected chi connectivity index (χ2v) is 7.81. The Bertz CT molecular complexity index is 683. The van der Waals surface area contributed by atoms with Gasteiger partial charge in [0.1, 0.15) is 16.2 Å². The molecule has 1 aliphatic carbocycles. The van der Waals surface area contributed by atoms with Crippen molar-refractivity contribution < 1.29 is 4.79 Å². The number of hydrogen-bond donors (Lipinski definition) is 1. The van der Waals surface area contributed by atoms with Crippen molar-refractivity contribution in [2.24, 2.45) is 0 Å². The first-order valence-electron chi connectivity index (χ1n) is 7.86. The van der Waals surface area contributed by atoms with Crippen LogP contribution in [0.4, 0.5) is 0 Å². The van der Waals surface area contributed by atoms with Gasteiger partial charge in [-0.2, -0.15) is 0 Å². The number of thioether (sulfide) groups is 1. The van der Waals surface area contributed by atoms with E-state index in [2.05, 4.69) is 29.1 Å². The van der Waals surface area contributed by atoms with Crippen LogP contribution < -0.4 is 5.32 Å². The van der Waals surface area contributed by atoms with Crippen LogP contribution in [0.5, 0.6) is 0 Å². The van der Waals surface area contributed by atoms with E-state index in [0.717, 1.165) is 35.5 Å². The molecule has 0 aliphatic heterocycles. The smallest absolute Gasteiger partial charge is 0.230 e. The average molecular weight is 335 g/mol. The van der Waals surface area contributed by atoms with E-state index in [0.29, 0.717) is 5.75 Å². The topological polar surface area (TPSA) is 54.9 Å². The van der Waals surface area contributed by atoms with Gasteiger partial charge in [0.15, 0.2) is 0 Å². The van der Waals surface area contributed by atoms with E-state index >= 15 is 0 Å². The number of rotatable bonds is 6. The molecule has 3 rings (SSSR count). The highest BCUT2D eigenvalue weighted by molar-refractivity contribution is 8.00. The van der Waals surface area contributed by atoms with Crippen molar-refractivity contribution in [3.05, 3.63) is 16.8 Å². The Morgan fingerprint density at radius 1 is 1.45 bits per heavy atom. The third-order valence-electron chi connectivity index (χ3n) is 3.94. The number of nitrogens with one attached hydrogen (secondary N) is 1. The summed E-state index contributed by atoms with van der Waals surface area (Å²) >= 11 is 3.32. The van der Waals surface area contributed by atoms with Crippen molar-refractivity contribution in [3.8, 4) is 0 Å². The zero-order valence-electron chi connectivity index (χ0n) is 13.0. The lowest BCUT2D eigenvalue weighted by Gasteiger charge is -2.12. The minimum atomic E-state index is 0.0876. The molecule has 1 amide bonds. The summed E-state index contributed by atoms with van der Waals surface area (Å²) in [6.45, 7) is 4.19. The number of aryl methyl sites for hydroxylation is 2. The van der Waals surface area contributed by atoms with Crippen LogP contribution in [0.1, 0.15) is 43.6 Å². The lowest BCUT2D eigenvalue weighted by Crippen LogP contribution is -2.33. The number of amides is 1. The Hall–Kier alpha value is -1.14. The normalized spacial score (nSPS) is 15.0. The van der Waals surface area contributed by atoms with E-state index in [1.807, 2.05) is 0 Å². The van der Waals surface area contributed by atoms with E-state index in [-0.39, 0.29) is 11.9 Å². The molecule has 2 aromatic heterocycles. The molecule has 0 saturated heterocycles. The van der Waals surface area contributed by atoms with Gasteiger partial charge in [0, 0.05) is 16.3 Å². The van der Waals surface area contributed by atoms with Gasteiger partial charge in [-0.05, 0) is 38.2 Å². The summed E-state index contributed by atoms with van der Waals surface area (Å²) in [7, 11) is 0. The summed E-state index contributed by atoms with van der Waals surface area (Å²) in [5, 5.41) is 5.20. The van der Waals surface area contributed by atoms with Gasteiger partial charge in [-0.15, -0.1) is 11.3 Å². The van der Waals surface area contributed by atoms with Crippen molar-refractivity contribution >= 4 is 39.2 Å². The van der Waals surface area contributed by atoms with Crippen molar-refractivity contribution in [3.63, 3.8) is 0 Å². The van der Waals surface area contributed by atoms with Crippen LogP contribution in [0.2, 0.25) is 0 Å². The van der Waals surface area contributed by atoms with E-state index in [1.54, 1.807) is 17.7 Å². The van der Waals surface area contributed by atoms with Gasteiger partial charge in [-0.25, -0.2) is 9.97 Å². The van der Waals surface area contributed by atoms with Crippen LogP contribution in [0.15, 0.2) is 11.4 Å². The van der Waals surface area contributed by atoms with Gasteiger partial charge in [0.2, 0.25) is 5.91 Å². The van der Waals surface area contributed by atoms with Gasteiger partial charge in [0.25, 0.3) is 0 Å². The third kappa shape index (κ3) is 3.27. The molecule has 2 aromatic rings. The molecule has 1 unspecified atom stereocenters. The molecule has 0 fully saturated rings. The second-order valence-electron chi connectivity index (χ2n) is 5.76. The molecule has 0 saturated carbocycles. The largest absolute Gasteiger partial charge is 0.353 e. The Kier molecular flexibility index (Phi) is 4.98. The molecule has 0 bridgehead atoms. The van der Waals surface area contributed by atoms with Crippen LogP contribution >= 0.6 is 23.1 Å². The van der Waals surface area contributed by atoms with Crippen molar-refractivity contribution in [2.45, 2.75) is 57.0 Å². The Balaban J connectivity index is 1.70. The van der Waals surface area contributed by atoms with Gasteiger partial charge >= 0.3 is 0 Å². The third-order valence-corrected chi connectivity index (χ3v) is 6.12. The SMILES string of the molecule is CCCC(C)NC(=O)CSc1ncnc2sc3c(c12)CCC3. The molecular formula is C16H21N3OS2. The minimum absolute atomic E-state index is 0.0876. The molecule has 6 heteroatoms. The van der Waals surface area contributed by atoms with E-state index < -0.39 is 0 Å². The molecule has 0 radical (unpaired) electrons.